The van der Waals surface area contributed by atoms with Crippen molar-refractivity contribution >= 4 is 40.6 Å². The average Bonchev–Trinajstić information content (AvgIpc) is 2.71. The molecular formula is C19H25N5O5S. The number of fused-ring (bicyclic) bond motifs is 1. The van der Waals surface area contributed by atoms with Gasteiger partial charge in [-0.25, -0.2) is 14.6 Å². The molecule has 2 rings (SSSR count). The number of benzene rings is 1. The number of hydrogen-bond donors (Lipinski definition) is 4. The third-order valence-electron chi connectivity index (χ3n) is 4.51. The number of carbonyl (C=O) groups excluding carboxylic acids is 2. The van der Waals surface area contributed by atoms with Crippen LogP contribution in [-0.4, -0.2) is 57.2 Å². The van der Waals surface area contributed by atoms with Crippen LogP contribution in [0.15, 0.2) is 35.4 Å². The lowest BCUT2D eigenvalue weighted by Gasteiger charge is -2.22. The molecule has 0 aliphatic heterocycles. The van der Waals surface area contributed by atoms with Crippen LogP contribution in [-0.2, 0) is 9.59 Å². The summed E-state index contributed by atoms with van der Waals surface area (Å²) in [6, 6.07) is 4.07. The molecule has 0 saturated carbocycles. The van der Waals surface area contributed by atoms with Gasteiger partial charge in [0.1, 0.15) is 12.1 Å². The summed E-state index contributed by atoms with van der Waals surface area (Å²) < 4.78 is 1.25. The maximum absolute atomic E-state index is 12.9. The Morgan fingerprint density at radius 1 is 1.27 bits per heavy atom. The fourth-order valence-corrected chi connectivity index (χ4v) is 3.43. The van der Waals surface area contributed by atoms with Gasteiger partial charge in [0.25, 0.3) is 5.56 Å². The van der Waals surface area contributed by atoms with Crippen molar-refractivity contribution in [3.8, 4) is 0 Å². The van der Waals surface area contributed by atoms with Gasteiger partial charge in [-0.15, -0.1) is 0 Å². The molecule has 0 aliphatic rings. The molecule has 0 fully saturated rings. The number of para-hydroxylation sites is 1. The van der Waals surface area contributed by atoms with E-state index in [2.05, 4.69) is 15.6 Å². The molecule has 30 heavy (non-hydrogen) atoms. The SMILES string of the molecule is CSCCC(C(=O)NC(CCCNC(N)=O)C(=O)O)n1cnc2ccccc2c1=O. The molecule has 1 heterocycles. The smallest absolute Gasteiger partial charge is 0.326 e. The number of carboxylic acid groups (broad SMARTS) is 1. The average molecular weight is 436 g/mol. The minimum absolute atomic E-state index is 0.0987. The van der Waals surface area contributed by atoms with Crippen molar-refractivity contribution in [1.82, 2.24) is 20.2 Å². The molecule has 0 spiro atoms. The van der Waals surface area contributed by atoms with Crippen LogP contribution >= 0.6 is 11.8 Å². The highest BCUT2D eigenvalue weighted by Gasteiger charge is 2.27. The van der Waals surface area contributed by atoms with E-state index >= 15 is 0 Å². The van der Waals surface area contributed by atoms with Crippen LogP contribution in [0, 0.1) is 0 Å². The standard InChI is InChI=1S/C19H25N5O5S/c1-30-10-8-15(24-11-22-13-6-3-2-5-12(13)17(24)26)16(25)23-14(18(27)28)7-4-9-21-19(20)29/h2-3,5-6,11,14-15H,4,7-10H2,1H3,(H,23,25)(H,27,28)(H3,20,21,29). The summed E-state index contributed by atoms with van der Waals surface area (Å²) in [5.41, 5.74) is 5.14. The predicted octanol–water partition coefficient (Wildman–Crippen LogP) is 0.709. The third kappa shape index (κ3) is 6.21. The molecule has 2 unspecified atom stereocenters. The molecule has 2 aromatic rings. The van der Waals surface area contributed by atoms with Crippen LogP contribution in [0.4, 0.5) is 4.79 Å². The molecule has 2 atom stereocenters. The lowest BCUT2D eigenvalue weighted by Crippen LogP contribution is -2.46. The molecule has 1 aromatic heterocycles. The van der Waals surface area contributed by atoms with Gasteiger partial charge in [0.2, 0.25) is 5.91 Å². The highest BCUT2D eigenvalue weighted by atomic mass is 32.2. The first-order valence-electron chi connectivity index (χ1n) is 9.36. The van der Waals surface area contributed by atoms with Gasteiger partial charge in [0.15, 0.2) is 0 Å². The van der Waals surface area contributed by atoms with E-state index in [1.54, 1.807) is 24.3 Å². The van der Waals surface area contributed by atoms with E-state index in [0.717, 1.165) is 0 Å². The highest BCUT2D eigenvalue weighted by molar-refractivity contribution is 7.98. The summed E-state index contributed by atoms with van der Waals surface area (Å²) in [5.74, 6) is -1.18. The van der Waals surface area contributed by atoms with Crippen LogP contribution < -0.4 is 21.9 Å². The molecule has 11 heteroatoms. The molecule has 0 aliphatic carbocycles. The first-order chi connectivity index (χ1) is 14.3. The largest absolute Gasteiger partial charge is 0.480 e. The lowest BCUT2D eigenvalue weighted by atomic mass is 10.1. The zero-order chi connectivity index (χ0) is 22.1. The van der Waals surface area contributed by atoms with E-state index < -0.39 is 30.0 Å². The van der Waals surface area contributed by atoms with Crippen molar-refractivity contribution in [2.45, 2.75) is 31.3 Å². The normalized spacial score (nSPS) is 12.8. The van der Waals surface area contributed by atoms with E-state index in [1.807, 2.05) is 6.26 Å². The number of nitrogens with two attached hydrogens (primary N) is 1. The number of primary amides is 1. The Morgan fingerprint density at radius 3 is 2.67 bits per heavy atom. The van der Waals surface area contributed by atoms with Crippen molar-refractivity contribution in [3.63, 3.8) is 0 Å². The minimum atomic E-state index is -1.20. The third-order valence-corrected chi connectivity index (χ3v) is 5.15. The van der Waals surface area contributed by atoms with Crippen LogP contribution in [0.3, 0.4) is 0 Å². The van der Waals surface area contributed by atoms with Gasteiger partial charge in [-0.1, -0.05) is 12.1 Å². The summed E-state index contributed by atoms with van der Waals surface area (Å²) in [6.45, 7) is 0.193. The summed E-state index contributed by atoms with van der Waals surface area (Å²) in [5, 5.41) is 14.7. The van der Waals surface area contributed by atoms with Gasteiger partial charge >= 0.3 is 12.0 Å². The maximum Gasteiger partial charge on any atom is 0.326 e. The monoisotopic (exact) mass is 435 g/mol. The van der Waals surface area contributed by atoms with Gasteiger partial charge < -0.3 is 21.5 Å². The van der Waals surface area contributed by atoms with Crippen molar-refractivity contribution in [2.75, 3.05) is 18.6 Å². The number of aromatic nitrogens is 2. The lowest BCUT2D eigenvalue weighted by molar-refractivity contribution is -0.142. The Hall–Kier alpha value is -3.08. The fraction of sp³-hybridized carbons (Fsp3) is 0.421. The van der Waals surface area contributed by atoms with E-state index in [-0.39, 0.29) is 18.5 Å². The number of hydrogen-bond acceptors (Lipinski definition) is 6. The van der Waals surface area contributed by atoms with Crippen LogP contribution in [0.1, 0.15) is 25.3 Å². The van der Waals surface area contributed by atoms with Crippen LogP contribution in [0.25, 0.3) is 10.9 Å². The molecule has 5 N–H and O–H groups in total. The van der Waals surface area contributed by atoms with E-state index in [4.69, 9.17) is 5.73 Å². The Kier molecular flexibility index (Phi) is 8.66. The summed E-state index contributed by atoms with van der Waals surface area (Å²) in [4.78, 5) is 52.4. The van der Waals surface area contributed by atoms with Crippen LogP contribution in [0.2, 0.25) is 0 Å². The molecule has 10 nitrogen and oxygen atoms in total. The summed E-state index contributed by atoms with van der Waals surface area (Å²) >= 11 is 1.51. The maximum atomic E-state index is 12.9. The Balaban J connectivity index is 2.22. The number of rotatable bonds is 11. The molecule has 0 bridgehead atoms. The van der Waals surface area contributed by atoms with E-state index in [0.29, 0.717) is 29.5 Å². The minimum Gasteiger partial charge on any atom is -0.480 e. The first-order valence-corrected chi connectivity index (χ1v) is 10.8. The number of carboxylic acids is 1. The number of aliphatic carboxylic acids is 1. The number of amides is 3. The van der Waals surface area contributed by atoms with E-state index in [1.165, 1.54) is 22.7 Å². The Morgan fingerprint density at radius 2 is 2.00 bits per heavy atom. The number of carbonyl (C=O) groups is 3. The second-order valence-corrected chi connectivity index (χ2v) is 7.59. The van der Waals surface area contributed by atoms with E-state index in [9.17, 15) is 24.3 Å². The quantitative estimate of drug-likeness (QED) is 0.379. The second-order valence-electron chi connectivity index (χ2n) is 6.60. The van der Waals surface area contributed by atoms with Crippen molar-refractivity contribution in [1.29, 1.82) is 0 Å². The van der Waals surface area contributed by atoms with Gasteiger partial charge in [0, 0.05) is 6.54 Å². The fourth-order valence-electron chi connectivity index (χ4n) is 2.97. The predicted molar refractivity (Wildman–Crippen MR) is 114 cm³/mol. The second kappa shape index (κ2) is 11.2. The van der Waals surface area contributed by atoms with Crippen LogP contribution in [0.5, 0.6) is 0 Å². The zero-order valence-electron chi connectivity index (χ0n) is 16.5. The van der Waals surface area contributed by atoms with Gasteiger partial charge in [-0.05, 0) is 43.4 Å². The molecule has 1 aromatic carbocycles. The summed E-state index contributed by atoms with van der Waals surface area (Å²) in [7, 11) is 0. The van der Waals surface area contributed by atoms with Gasteiger partial charge in [0.05, 0.1) is 17.2 Å². The molecule has 3 amide bonds. The van der Waals surface area contributed by atoms with Crippen molar-refractivity contribution in [2.24, 2.45) is 5.73 Å². The summed E-state index contributed by atoms with van der Waals surface area (Å²) in [6.07, 6.45) is 3.95. The Bertz CT molecular complexity index is 964. The molecule has 162 valence electrons. The Labute approximate surface area is 177 Å². The number of urea groups is 1. The number of nitrogens with one attached hydrogen (secondary N) is 2. The van der Waals surface area contributed by atoms with Crippen molar-refractivity contribution in [3.05, 3.63) is 40.9 Å². The van der Waals surface area contributed by atoms with Gasteiger partial charge in [-0.3, -0.25) is 14.2 Å². The first kappa shape index (κ1) is 23.2. The molecule has 0 saturated heterocycles. The molecule has 0 radical (unpaired) electrons. The van der Waals surface area contributed by atoms with Crippen molar-refractivity contribution < 1.29 is 19.5 Å². The number of nitrogens with zero attached hydrogens (tertiary/aromatic N) is 2. The number of thioether (sulfide) groups is 1. The van der Waals surface area contributed by atoms with Gasteiger partial charge in [-0.2, -0.15) is 11.8 Å². The topological polar surface area (TPSA) is 156 Å². The highest BCUT2D eigenvalue weighted by Crippen LogP contribution is 2.15. The zero-order valence-corrected chi connectivity index (χ0v) is 17.4. The molecular weight excluding hydrogens is 410 g/mol.